The smallest absolute Gasteiger partial charge is 0.203 e. The number of carbonyl (C=O) groups excluding carboxylic acids is 1. The summed E-state index contributed by atoms with van der Waals surface area (Å²) in [4.78, 5) is 20.1. The molecule has 0 atom stereocenters. The number of nitro groups is 1. The quantitative estimate of drug-likeness (QED) is 0.0917. The lowest BCUT2D eigenvalue weighted by atomic mass is 10.1. The summed E-state index contributed by atoms with van der Waals surface area (Å²) in [6.45, 7) is 0.128. The Morgan fingerprint density at radius 2 is 0.958 bits per heavy atom. The van der Waals surface area contributed by atoms with E-state index in [0.717, 1.165) is 38.4 Å². The second-order valence-corrected chi connectivity index (χ2v) is 6.66. The zero-order valence-electron chi connectivity index (χ0n) is 15.4. The molecule has 0 aromatic carbocycles. The zero-order chi connectivity index (χ0) is 17.7. The molecule has 0 radical (unpaired) electrons. The number of unbranched alkanes of at least 4 members (excludes halogenated alkanes) is 14. The minimum atomic E-state index is -0.221. The molecule has 4 heteroatoms. The zero-order valence-corrected chi connectivity index (χ0v) is 15.4. The highest BCUT2D eigenvalue weighted by Crippen LogP contribution is 2.11. The van der Waals surface area contributed by atoms with E-state index in [1.165, 1.54) is 70.6 Å². The van der Waals surface area contributed by atoms with Crippen LogP contribution in [0.15, 0.2) is 12.2 Å². The van der Waals surface area contributed by atoms with Crippen molar-refractivity contribution < 1.29 is 9.72 Å². The minimum Gasteiger partial charge on any atom is -0.303 e. The van der Waals surface area contributed by atoms with E-state index in [1.807, 2.05) is 0 Å². The Labute approximate surface area is 148 Å². The van der Waals surface area contributed by atoms with Gasteiger partial charge in [0.25, 0.3) is 0 Å². The van der Waals surface area contributed by atoms with Gasteiger partial charge in [-0.3, -0.25) is 10.1 Å². The molecule has 0 fully saturated rings. The summed E-state index contributed by atoms with van der Waals surface area (Å²) in [6.07, 6.45) is 24.1. The van der Waals surface area contributed by atoms with Crippen molar-refractivity contribution in [1.82, 2.24) is 0 Å². The fourth-order valence-corrected chi connectivity index (χ4v) is 2.82. The molecule has 0 unspecified atom stereocenters. The fourth-order valence-electron chi connectivity index (χ4n) is 2.82. The average Bonchev–Trinajstić information content (AvgIpc) is 2.56. The lowest BCUT2D eigenvalue weighted by Crippen LogP contribution is -1.99. The number of rotatable bonds is 19. The summed E-state index contributed by atoms with van der Waals surface area (Å²) in [5, 5.41) is 10.2. The molecule has 0 amide bonds. The van der Waals surface area contributed by atoms with E-state index in [-0.39, 0.29) is 11.5 Å². The lowest BCUT2D eigenvalue weighted by molar-refractivity contribution is -0.480. The third kappa shape index (κ3) is 20.8. The molecule has 0 aromatic heterocycles. The molecule has 0 N–H and O–H groups in total. The number of hydrogen-bond donors (Lipinski definition) is 0. The van der Waals surface area contributed by atoms with Crippen LogP contribution in [0.5, 0.6) is 0 Å². The third-order valence-electron chi connectivity index (χ3n) is 4.32. The molecule has 0 rings (SSSR count). The summed E-state index contributed by atoms with van der Waals surface area (Å²) in [5.74, 6) is 0. The summed E-state index contributed by atoms with van der Waals surface area (Å²) >= 11 is 0. The monoisotopic (exact) mass is 339 g/mol. The van der Waals surface area contributed by atoms with Crippen molar-refractivity contribution in [2.45, 2.75) is 103 Å². The van der Waals surface area contributed by atoms with Gasteiger partial charge in [-0.15, -0.1) is 0 Å². The molecule has 0 aliphatic rings. The van der Waals surface area contributed by atoms with Crippen molar-refractivity contribution in [3.05, 3.63) is 22.3 Å². The average molecular weight is 340 g/mol. The Balaban J connectivity index is 3.08. The molecule has 4 nitrogen and oxygen atoms in total. The van der Waals surface area contributed by atoms with E-state index in [4.69, 9.17) is 0 Å². The highest BCUT2D eigenvalue weighted by molar-refractivity contribution is 5.48. The normalized spacial score (nSPS) is 11.2. The predicted octanol–water partition coefficient (Wildman–Crippen LogP) is 6.26. The van der Waals surface area contributed by atoms with Crippen molar-refractivity contribution in [3.8, 4) is 0 Å². The standard InChI is InChI=1S/C20H37NO3/c22-20-18-16-14-12-10-8-6-4-2-1-3-5-7-9-11-13-15-17-19-21(23)24/h1,3,20H,2,4-19H2/b3-1-. The van der Waals surface area contributed by atoms with Gasteiger partial charge in [-0.1, -0.05) is 63.5 Å². The van der Waals surface area contributed by atoms with Gasteiger partial charge >= 0.3 is 0 Å². The second kappa shape index (κ2) is 19.9. The van der Waals surface area contributed by atoms with Crippen LogP contribution in [0.2, 0.25) is 0 Å². The molecular formula is C20H37NO3. The maximum Gasteiger partial charge on any atom is 0.203 e. The largest absolute Gasteiger partial charge is 0.303 e. The van der Waals surface area contributed by atoms with Crippen molar-refractivity contribution in [3.63, 3.8) is 0 Å². The van der Waals surface area contributed by atoms with Crippen LogP contribution in [-0.2, 0) is 4.79 Å². The first kappa shape index (κ1) is 22.8. The summed E-state index contributed by atoms with van der Waals surface area (Å²) in [5.41, 5.74) is 0. The van der Waals surface area contributed by atoms with Crippen LogP contribution >= 0.6 is 0 Å². The van der Waals surface area contributed by atoms with Gasteiger partial charge in [0, 0.05) is 17.8 Å². The van der Waals surface area contributed by atoms with E-state index in [1.54, 1.807) is 0 Å². The van der Waals surface area contributed by atoms with Crippen LogP contribution in [-0.4, -0.2) is 17.8 Å². The van der Waals surface area contributed by atoms with Gasteiger partial charge in [0.05, 0.1) is 0 Å². The first-order valence-electron chi connectivity index (χ1n) is 9.98. The summed E-state index contributed by atoms with van der Waals surface area (Å²) in [6, 6.07) is 0. The molecular weight excluding hydrogens is 302 g/mol. The van der Waals surface area contributed by atoms with Crippen molar-refractivity contribution in [2.75, 3.05) is 6.54 Å². The van der Waals surface area contributed by atoms with Gasteiger partial charge in [-0.05, 0) is 38.5 Å². The van der Waals surface area contributed by atoms with Crippen LogP contribution in [0.1, 0.15) is 103 Å². The van der Waals surface area contributed by atoms with Crippen molar-refractivity contribution >= 4 is 6.29 Å². The van der Waals surface area contributed by atoms with Gasteiger partial charge in [-0.2, -0.15) is 0 Å². The number of hydrogen-bond acceptors (Lipinski definition) is 3. The van der Waals surface area contributed by atoms with Crippen molar-refractivity contribution in [1.29, 1.82) is 0 Å². The number of carbonyl (C=O) groups is 1. The van der Waals surface area contributed by atoms with E-state index >= 15 is 0 Å². The Hall–Kier alpha value is -1.19. The highest BCUT2D eigenvalue weighted by atomic mass is 16.6. The Morgan fingerprint density at radius 3 is 1.38 bits per heavy atom. The molecule has 0 bridgehead atoms. The molecule has 140 valence electrons. The minimum absolute atomic E-state index is 0.128. The first-order valence-corrected chi connectivity index (χ1v) is 9.98. The van der Waals surface area contributed by atoms with Crippen LogP contribution in [0.3, 0.4) is 0 Å². The van der Waals surface area contributed by atoms with Crippen LogP contribution < -0.4 is 0 Å². The van der Waals surface area contributed by atoms with Gasteiger partial charge in [0.1, 0.15) is 6.29 Å². The van der Waals surface area contributed by atoms with Crippen LogP contribution in [0.25, 0.3) is 0 Å². The van der Waals surface area contributed by atoms with Crippen LogP contribution in [0, 0.1) is 10.1 Å². The molecule has 0 spiro atoms. The number of allylic oxidation sites excluding steroid dienone is 2. The topological polar surface area (TPSA) is 60.2 Å². The highest BCUT2D eigenvalue weighted by Gasteiger charge is 1.96. The molecule has 0 aliphatic heterocycles. The molecule has 0 saturated carbocycles. The van der Waals surface area contributed by atoms with E-state index < -0.39 is 0 Å². The van der Waals surface area contributed by atoms with Gasteiger partial charge in [0.15, 0.2) is 0 Å². The maximum atomic E-state index is 10.2. The fraction of sp³-hybridized carbons (Fsp3) is 0.850. The predicted molar refractivity (Wildman–Crippen MR) is 101 cm³/mol. The maximum absolute atomic E-state index is 10.2. The van der Waals surface area contributed by atoms with Gasteiger partial charge < -0.3 is 4.79 Å². The van der Waals surface area contributed by atoms with E-state index in [0.29, 0.717) is 0 Å². The summed E-state index contributed by atoms with van der Waals surface area (Å²) in [7, 11) is 0. The Bertz CT molecular complexity index is 316. The first-order chi connectivity index (χ1) is 11.8. The van der Waals surface area contributed by atoms with Crippen LogP contribution in [0.4, 0.5) is 0 Å². The van der Waals surface area contributed by atoms with E-state index in [2.05, 4.69) is 12.2 Å². The molecule has 0 aliphatic carbocycles. The Morgan fingerprint density at radius 1 is 0.583 bits per heavy atom. The SMILES string of the molecule is O=CCCCCCCCCC/C=C\CCCCCCCC[N+](=O)[O-]. The van der Waals surface area contributed by atoms with Gasteiger partial charge in [-0.25, -0.2) is 0 Å². The van der Waals surface area contributed by atoms with Gasteiger partial charge in [0.2, 0.25) is 6.54 Å². The number of nitrogens with zero attached hydrogens (tertiary/aromatic N) is 1. The molecule has 0 saturated heterocycles. The molecule has 24 heavy (non-hydrogen) atoms. The summed E-state index contributed by atoms with van der Waals surface area (Å²) < 4.78 is 0. The number of aldehydes is 1. The molecule has 0 aromatic rings. The second-order valence-electron chi connectivity index (χ2n) is 6.66. The molecule has 0 heterocycles. The Kier molecular flexibility index (Phi) is 18.9. The lowest BCUT2D eigenvalue weighted by Gasteiger charge is -2.00. The van der Waals surface area contributed by atoms with Crippen molar-refractivity contribution in [2.24, 2.45) is 0 Å². The third-order valence-corrected chi connectivity index (χ3v) is 4.32. The van der Waals surface area contributed by atoms with E-state index in [9.17, 15) is 14.9 Å².